The number of anilines is 4. The quantitative estimate of drug-likeness (QED) is 0.651. The number of carbonyl (C=O) groups is 1. The Bertz CT molecular complexity index is 643. The molecule has 2 rings (SSSR count). The van der Waals surface area contributed by atoms with Crippen molar-refractivity contribution in [3.8, 4) is 5.75 Å². The Balaban J connectivity index is 2.10. The highest BCUT2D eigenvalue weighted by molar-refractivity contribution is 6.01. The maximum atomic E-state index is 12.0. The van der Waals surface area contributed by atoms with Gasteiger partial charge in [-0.3, -0.25) is 0 Å². The van der Waals surface area contributed by atoms with E-state index in [1.807, 2.05) is 25.2 Å². The molecule has 0 aliphatic carbocycles. The van der Waals surface area contributed by atoms with Gasteiger partial charge in [-0.15, -0.1) is 0 Å². The first-order valence-electron chi connectivity index (χ1n) is 6.42. The summed E-state index contributed by atoms with van der Waals surface area (Å²) in [6.45, 7) is 0. The first kappa shape index (κ1) is 14.5. The first-order chi connectivity index (χ1) is 10.1. The fourth-order valence-corrected chi connectivity index (χ4v) is 1.92. The Labute approximate surface area is 123 Å². The molecule has 0 saturated heterocycles. The van der Waals surface area contributed by atoms with Crippen LogP contribution in [0.15, 0.2) is 42.5 Å². The number of nitrogens with one attached hydrogen (secondary N) is 3. The highest BCUT2D eigenvalue weighted by Crippen LogP contribution is 2.30. The van der Waals surface area contributed by atoms with Crippen LogP contribution in [0.2, 0.25) is 0 Å². The van der Waals surface area contributed by atoms with Crippen LogP contribution in [0.3, 0.4) is 0 Å². The molecule has 0 fully saturated rings. The maximum Gasteiger partial charge on any atom is 0.323 e. The second-order valence-electron chi connectivity index (χ2n) is 4.34. The summed E-state index contributed by atoms with van der Waals surface area (Å²) in [5.41, 5.74) is 8.37. The van der Waals surface area contributed by atoms with Crippen LogP contribution in [-0.4, -0.2) is 20.2 Å². The third-order valence-electron chi connectivity index (χ3n) is 2.91. The molecule has 6 nitrogen and oxygen atoms in total. The lowest BCUT2D eigenvalue weighted by molar-refractivity contribution is 0.262. The molecule has 2 amide bonds. The van der Waals surface area contributed by atoms with Crippen molar-refractivity contribution >= 4 is 28.8 Å². The van der Waals surface area contributed by atoms with Gasteiger partial charge in [-0.2, -0.15) is 0 Å². The van der Waals surface area contributed by atoms with Gasteiger partial charge in [-0.05, 0) is 30.3 Å². The summed E-state index contributed by atoms with van der Waals surface area (Å²) < 4.78 is 5.19. The van der Waals surface area contributed by atoms with Crippen LogP contribution >= 0.6 is 0 Å². The Kier molecular flexibility index (Phi) is 4.50. The number of nitrogens with two attached hydrogens (primary N) is 1. The van der Waals surface area contributed by atoms with Crippen molar-refractivity contribution < 1.29 is 9.53 Å². The number of hydrogen-bond acceptors (Lipinski definition) is 4. The molecule has 0 aromatic heterocycles. The number of carbonyl (C=O) groups excluding carboxylic acids is 1. The van der Waals surface area contributed by atoms with E-state index in [2.05, 4.69) is 16.0 Å². The number of rotatable bonds is 4. The zero-order valence-corrected chi connectivity index (χ0v) is 11.9. The van der Waals surface area contributed by atoms with Crippen LogP contribution in [0.5, 0.6) is 5.75 Å². The summed E-state index contributed by atoms with van der Waals surface area (Å²) in [5, 5.41) is 8.47. The van der Waals surface area contributed by atoms with E-state index in [0.29, 0.717) is 22.8 Å². The Morgan fingerprint density at radius 2 is 1.81 bits per heavy atom. The molecule has 110 valence electrons. The average molecular weight is 286 g/mol. The van der Waals surface area contributed by atoms with E-state index in [-0.39, 0.29) is 6.03 Å². The molecule has 6 heteroatoms. The summed E-state index contributed by atoms with van der Waals surface area (Å²) in [5.74, 6) is 0.441. The maximum absolute atomic E-state index is 12.0. The second-order valence-corrected chi connectivity index (χ2v) is 4.34. The molecule has 5 N–H and O–H groups in total. The molecule has 0 atom stereocenters. The molecule has 0 aliphatic heterocycles. The summed E-state index contributed by atoms with van der Waals surface area (Å²) in [6.07, 6.45) is 0. The Morgan fingerprint density at radius 3 is 2.52 bits per heavy atom. The van der Waals surface area contributed by atoms with Gasteiger partial charge in [0, 0.05) is 18.4 Å². The van der Waals surface area contributed by atoms with Gasteiger partial charge < -0.3 is 26.4 Å². The van der Waals surface area contributed by atoms with Crippen LogP contribution < -0.4 is 26.4 Å². The van der Waals surface area contributed by atoms with Crippen LogP contribution in [-0.2, 0) is 0 Å². The van der Waals surface area contributed by atoms with Gasteiger partial charge in [-0.25, -0.2) is 4.79 Å². The summed E-state index contributed by atoms with van der Waals surface area (Å²) in [4.78, 5) is 12.0. The zero-order valence-electron chi connectivity index (χ0n) is 11.9. The second kappa shape index (κ2) is 6.51. The van der Waals surface area contributed by atoms with Gasteiger partial charge >= 0.3 is 6.03 Å². The number of amides is 2. The van der Waals surface area contributed by atoms with E-state index in [0.717, 1.165) is 5.69 Å². The number of benzene rings is 2. The SMILES string of the molecule is CNc1cccc(NC(=O)Nc2cccc(N)c2OC)c1. The molecule has 0 aliphatic rings. The smallest absolute Gasteiger partial charge is 0.323 e. The third kappa shape index (κ3) is 3.56. The normalized spacial score (nSPS) is 9.81. The van der Waals surface area contributed by atoms with Gasteiger partial charge in [0.1, 0.15) is 0 Å². The van der Waals surface area contributed by atoms with E-state index in [1.54, 1.807) is 24.3 Å². The van der Waals surface area contributed by atoms with E-state index >= 15 is 0 Å². The van der Waals surface area contributed by atoms with Crippen molar-refractivity contribution in [3.05, 3.63) is 42.5 Å². The number of nitrogen functional groups attached to an aromatic ring is 1. The zero-order chi connectivity index (χ0) is 15.2. The van der Waals surface area contributed by atoms with E-state index in [1.165, 1.54) is 7.11 Å². The number of methoxy groups -OCH3 is 1. The number of urea groups is 1. The number of hydrogen-bond donors (Lipinski definition) is 4. The lowest BCUT2D eigenvalue weighted by Crippen LogP contribution is -2.20. The van der Waals surface area contributed by atoms with Gasteiger partial charge in [0.15, 0.2) is 5.75 Å². The minimum atomic E-state index is -0.368. The summed E-state index contributed by atoms with van der Waals surface area (Å²) in [7, 11) is 3.32. The van der Waals surface area contributed by atoms with Crippen molar-refractivity contribution in [1.29, 1.82) is 0 Å². The third-order valence-corrected chi connectivity index (χ3v) is 2.91. The molecule has 0 spiro atoms. The molecule has 2 aromatic rings. The molecule has 0 bridgehead atoms. The Hall–Kier alpha value is -2.89. The minimum Gasteiger partial charge on any atom is -0.492 e. The number of para-hydroxylation sites is 1. The highest BCUT2D eigenvalue weighted by atomic mass is 16.5. The van der Waals surface area contributed by atoms with Crippen LogP contribution in [0.4, 0.5) is 27.5 Å². The lowest BCUT2D eigenvalue weighted by Gasteiger charge is -2.13. The lowest BCUT2D eigenvalue weighted by atomic mass is 10.2. The average Bonchev–Trinajstić information content (AvgIpc) is 2.47. The molecule has 0 saturated carbocycles. The first-order valence-corrected chi connectivity index (χ1v) is 6.42. The van der Waals surface area contributed by atoms with Crippen molar-refractivity contribution in [1.82, 2.24) is 0 Å². The van der Waals surface area contributed by atoms with E-state index < -0.39 is 0 Å². The van der Waals surface area contributed by atoms with Crippen LogP contribution in [0.25, 0.3) is 0 Å². The van der Waals surface area contributed by atoms with Crippen LogP contribution in [0, 0.1) is 0 Å². The van der Waals surface area contributed by atoms with Gasteiger partial charge in [0.2, 0.25) is 0 Å². The summed E-state index contributed by atoms with van der Waals surface area (Å²) >= 11 is 0. The number of ether oxygens (including phenoxy) is 1. The van der Waals surface area contributed by atoms with Crippen molar-refractivity contribution in [2.24, 2.45) is 0 Å². The fourth-order valence-electron chi connectivity index (χ4n) is 1.92. The van der Waals surface area contributed by atoms with Crippen molar-refractivity contribution in [3.63, 3.8) is 0 Å². The summed E-state index contributed by atoms with van der Waals surface area (Å²) in [6, 6.07) is 12.2. The molecule has 21 heavy (non-hydrogen) atoms. The largest absolute Gasteiger partial charge is 0.492 e. The standard InChI is InChI=1S/C15H18N4O2/c1-17-10-5-3-6-11(9-10)18-15(20)19-13-8-4-7-12(16)14(13)21-2/h3-9,17H,16H2,1-2H3,(H2,18,19,20). The molecule has 2 aromatic carbocycles. The monoisotopic (exact) mass is 286 g/mol. The fraction of sp³-hybridized carbons (Fsp3) is 0.133. The van der Waals surface area contributed by atoms with E-state index in [9.17, 15) is 4.79 Å². The molecular weight excluding hydrogens is 268 g/mol. The van der Waals surface area contributed by atoms with Crippen LogP contribution in [0.1, 0.15) is 0 Å². The van der Waals surface area contributed by atoms with Gasteiger partial charge in [0.25, 0.3) is 0 Å². The minimum absolute atomic E-state index is 0.368. The van der Waals surface area contributed by atoms with Crippen molar-refractivity contribution in [2.75, 3.05) is 35.8 Å². The topological polar surface area (TPSA) is 88.4 Å². The van der Waals surface area contributed by atoms with Gasteiger partial charge in [-0.1, -0.05) is 12.1 Å². The van der Waals surface area contributed by atoms with E-state index in [4.69, 9.17) is 10.5 Å². The van der Waals surface area contributed by atoms with Crippen molar-refractivity contribution in [2.45, 2.75) is 0 Å². The molecule has 0 radical (unpaired) electrons. The Morgan fingerprint density at radius 1 is 1.10 bits per heavy atom. The molecular formula is C15H18N4O2. The highest BCUT2D eigenvalue weighted by Gasteiger charge is 2.10. The molecule has 0 heterocycles. The molecule has 0 unspecified atom stereocenters. The predicted molar refractivity (Wildman–Crippen MR) is 86.0 cm³/mol. The predicted octanol–water partition coefficient (Wildman–Crippen LogP) is 2.96. The van der Waals surface area contributed by atoms with Gasteiger partial charge in [0.05, 0.1) is 18.5 Å².